The minimum atomic E-state index is -0.263. The number of rotatable bonds is 4. The molecule has 0 radical (unpaired) electrons. The zero-order valence-electron chi connectivity index (χ0n) is 8.86. The summed E-state index contributed by atoms with van der Waals surface area (Å²) in [6, 6.07) is 3.61. The SMILES string of the molecule is CNCCc1cc(C)c(F)c(OC)c1. The Bertz CT molecular complexity index is 312. The van der Waals surface area contributed by atoms with Crippen LogP contribution in [0.2, 0.25) is 0 Å². The Morgan fingerprint density at radius 3 is 2.71 bits per heavy atom. The first-order valence-corrected chi connectivity index (χ1v) is 4.66. The van der Waals surface area contributed by atoms with Gasteiger partial charge in [-0.25, -0.2) is 4.39 Å². The number of hydrogen-bond donors (Lipinski definition) is 1. The fourth-order valence-electron chi connectivity index (χ4n) is 1.37. The van der Waals surface area contributed by atoms with Crippen LogP contribution in [-0.2, 0) is 6.42 Å². The molecule has 1 aromatic rings. The van der Waals surface area contributed by atoms with Crippen LogP contribution < -0.4 is 10.1 Å². The third-order valence-corrected chi connectivity index (χ3v) is 2.16. The molecular weight excluding hydrogens is 181 g/mol. The van der Waals surface area contributed by atoms with Gasteiger partial charge in [-0.3, -0.25) is 0 Å². The fourth-order valence-corrected chi connectivity index (χ4v) is 1.37. The topological polar surface area (TPSA) is 21.3 Å². The zero-order valence-corrected chi connectivity index (χ0v) is 8.86. The number of likely N-dealkylation sites (N-methyl/N-ethyl adjacent to an activating group) is 1. The smallest absolute Gasteiger partial charge is 0.167 e. The molecule has 0 spiro atoms. The van der Waals surface area contributed by atoms with Gasteiger partial charge in [-0.1, -0.05) is 6.07 Å². The van der Waals surface area contributed by atoms with E-state index >= 15 is 0 Å². The highest BCUT2D eigenvalue weighted by atomic mass is 19.1. The predicted molar refractivity (Wildman–Crippen MR) is 55.3 cm³/mol. The maximum Gasteiger partial charge on any atom is 0.167 e. The number of benzene rings is 1. The van der Waals surface area contributed by atoms with Crippen LogP contribution in [0.5, 0.6) is 5.75 Å². The molecule has 2 nitrogen and oxygen atoms in total. The first-order valence-electron chi connectivity index (χ1n) is 4.66. The lowest BCUT2D eigenvalue weighted by atomic mass is 10.1. The Morgan fingerprint density at radius 2 is 2.14 bits per heavy atom. The van der Waals surface area contributed by atoms with Gasteiger partial charge < -0.3 is 10.1 Å². The van der Waals surface area contributed by atoms with Crippen molar-refractivity contribution < 1.29 is 9.13 Å². The summed E-state index contributed by atoms with van der Waals surface area (Å²) in [4.78, 5) is 0. The van der Waals surface area contributed by atoms with E-state index in [1.54, 1.807) is 13.0 Å². The van der Waals surface area contributed by atoms with Crippen LogP contribution in [0.15, 0.2) is 12.1 Å². The normalized spacial score (nSPS) is 10.3. The average Bonchev–Trinajstić information content (AvgIpc) is 2.19. The number of halogens is 1. The molecular formula is C11H16FNO. The van der Waals surface area contributed by atoms with Crippen LogP contribution in [-0.4, -0.2) is 20.7 Å². The van der Waals surface area contributed by atoms with Gasteiger partial charge in [0.15, 0.2) is 11.6 Å². The number of methoxy groups -OCH3 is 1. The monoisotopic (exact) mass is 197 g/mol. The molecule has 0 fully saturated rings. The van der Waals surface area contributed by atoms with Crippen molar-refractivity contribution >= 4 is 0 Å². The maximum absolute atomic E-state index is 13.4. The van der Waals surface area contributed by atoms with Gasteiger partial charge in [0.25, 0.3) is 0 Å². The minimum absolute atomic E-state index is 0.263. The van der Waals surface area contributed by atoms with Crippen molar-refractivity contribution in [2.75, 3.05) is 20.7 Å². The van der Waals surface area contributed by atoms with Crippen LogP contribution in [0.3, 0.4) is 0 Å². The Balaban J connectivity index is 2.91. The highest BCUT2D eigenvalue weighted by Gasteiger charge is 2.07. The van der Waals surface area contributed by atoms with Gasteiger partial charge in [0.05, 0.1) is 7.11 Å². The Morgan fingerprint density at radius 1 is 1.43 bits per heavy atom. The minimum Gasteiger partial charge on any atom is -0.494 e. The van der Waals surface area contributed by atoms with Crippen LogP contribution in [0, 0.1) is 12.7 Å². The van der Waals surface area contributed by atoms with Crippen molar-refractivity contribution in [1.29, 1.82) is 0 Å². The zero-order chi connectivity index (χ0) is 10.6. The molecule has 0 amide bonds. The Labute approximate surface area is 84.1 Å². The average molecular weight is 197 g/mol. The molecule has 0 aliphatic rings. The van der Waals surface area contributed by atoms with Crippen molar-refractivity contribution in [2.45, 2.75) is 13.3 Å². The Kier molecular flexibility index (Phi) is 3.89. The van der Waals surface area contributed by atoms with Crippen molar-refractivity contribution in [1.82, 2.24) is 5.32 Å². The second-order valence-corrected chi connectivity index (χ2v) is 3.28. The van der Waals surface area contributed by atoms with Crippen LogP contribution in [0.25, 0.3) is 0 Å². The summed E-state index contributed by atoms with van der Waals surface area (Å²) >= 11 is 0. The number of ether oxygens (including phenoxy) is 1. The summed E-state index contributed by atoms with van der Waals surface area (Å²) in [5.41, 5.74) is 1.73. The molecule has 3 heteroatoms. The van der Waals surface area contributed by atoms with Gasteiger partial charge >= 0.3 is 0 Å². The van der Waals surface area contributed by atoms with Crippen molar-refractivity contribution in [2.24, 2.45) is 0 Å². The molecule has 78 valence electrons. The molecule has 0 unspecified atom stereocenters. The van der Waals surface area contributed by atoms with E-state index in [1.807, 2.05) is 13.1 Å². The fraction of sp³-hybridized carbons (Fsp3) is 0.455. The highest BCUT2D eigenvalue weighted by Crippen LogP contribution is 2.22. The van der Waals surface area contributed by atoms with Gasteiger partial charge in [-0.05, 0) is 44.1 Å². The van der Waals surface area contributed by atoms with Gasteiger partial charge in [0.2, 0.25) is 0 Å². The van der Waals surface area contributed by atoms with E-state index < -0.39 is 0 Å². The van der Waals surface area contributed by atoms with Crippen LogP contribution >= 0.6 is 0 Å². The second-order valence-electron chi connectivity index (χ2n) is 3.28. The molecule has 1 rings (SSSR count). The molecule has 0 aromatic heterocycles. The molecule has 14 heavy (non-hydrogen) atoms. The van der Waals surface area contributed by atoms with E-state index in [-0.39, 0.29) is 5.82 Å². The third kappa shape index (κ3) is 2.45. The first-order chi connectivity index (χ1) is 6.69. The molecule has 1 N–H and O–H groups in total. The van der Waals surface area contributed by atoms with Gasteiger partial charge in [0.1, 0.15) is 0 Å². The lowest BCUT2D eigenvalue weighted by molar-refractivity contribution is 0.384. The quantitative estimate of drug-likeness (QED) is 0.796. The summed E-state index contributed by atoms with van der Waals surface area (Å²) in [5.74, 6) is 0.0665. The maximum atomic E-state index is 13.4. The van der Waals surface area contributed by atoms with E-state index in [2.05, 4.69) is 5.32 Å². The van der Waals surface area contributed by atoms with Crippen LogP contribution in [0.1, 0.15) is 11.1 Å². The van der Waals surface area contributed by atoms with E-state index in [9.17, 15) is 4.39 Å². The number of nitrogens with one attached hydrogen (secondary N) is 1. The molecule has 0 aliphatic heterocycles. The highest BCUT2D eigenvalue weighted by molar-refractivity contribution is 5.35. The standard InChI is InChI=1S/C11H16FNO/c1-8-6-9(4-5-13-2)7-10(14-3)11(8)12/h6-7,13H,4-5H2,1-3H3. The van der Waals surface area contributed by atoms with E-state index in [1.165, 1.54) is 7.11 Å². The molecule has 0 saturated heterocycles. The molecule has 1 aromatic carbocycles. The van der Waals surface area contributed by atoms with Crippen molar-refractivity contribution in [3.8, 4) is 5.75 Å². The summed E-state index contributed by atoms with van der Waals surface area (Å²) in [7, 11) is 3.38. The van der Waals surface area contributed by atoms with Gasteiger partial charge in [-0.2, -0.15) is 0 Å². The molecule has 0 saturated carbocycles. The third-order valence-electron chi connectivity index (χ3n) is 2.16. The lowest BCUT2D eigenvalue weighted by Gasteiger charge is -2.08. The van der Waals surface area contributed by atoms with Crippen molar-refractivity contribution in [3.05, 3.63) is 29.1 Å². The number of aryl methyl sites for hydroxylation is 1. The van der Waals surface area contributed by atoms with Crippen LogP contribution in [0.4, 0.5) is 4.39 Å². The molecule has 0 heterocycles. The lowest BCUT2D eigenvalue weighted by Crippen LogP contribution is -2.10. The predicted octanol–water partition coefficient (Wildman–Crippen LogP) is 1.90. The van der Waals surface area contributed by atoms with Crippen molar-refractivity contribution in [3.63, 3.8) is 0 Å². The summed E-state index contributed by atoms with van der Waals surface area (Å²) < 4.78 is 18.3. The molecule has 0 aliphatic carbocycles. The first kappa shape index (κ1) is 11.0. The summed E-state index contributed by atoms with van der Waals surface area (Å²) in [5, 5.41) is 3.05. The Hall–Kier alpha value is -1.09. The summed E-state index contributed by atoms with van der Waals surface area (Å²) in [6.07, 6.45) is 0.883. The van der Waals surface area contributed by atoms with Gasteiger partial charge in [0, 0.05) is 0 Å². The van der Waals surface area contributed by atoms with Gasteiger partial charge in [-0.15, -0.1) is 0 Å². The van der Waals surface area contributed by atoms with E-state index in [4.69, 9.17) is 4.74 Å². The largest absolute Gasteiger partial charge is 0.494 e. The molecule has 0 bridgehead atoms. The number of hydrogen-bond acceptors (Lipinski definition) is 2. The second kappa shape index (κ2) is 4.96. The van der Waals surface area contributed by atoms with E-state index in [0.717, 1.165) is 18.5 Å². The summed E-state index contributed by atoms with van der Waals surface area (Å²) in [6.45, 7) is 2.63. The molecule has 0 atom stereocenters. The van der Waals surface area contributed by atoms with E-state index in [0.29, 0.717) is 11.3 Å².